The molecule has 0 saturated heterocycles. The van der Waals surface area contributed by atoms with Crippen molar-refractivity contribution in [3.05, 3.63) is 42.7 Å². The summed E-state index contributed by atoms with van der Waals surface area (Å²) in [7, 11) is 0. The van der Waals surface area contributed by atoms with Gasteiger partial charge in [0.15, 0.2) is 0 Å². The Morgan fingerprint density at radius 3 is 2.95 bits per heavy atom. The summed E-state index contributed by atoms with van der Waals surface area (Å²) in [6.07, 6.45) is 5.03. The first-order valence-corrected chi connectivity index (χ1v) is 5.99. The van der Waals surface area contributed by atoms with Crippen LogP contribution in [0.15, 0.2) is 36.9 Å². The summed E-state index contributed by atoms with van der Waals surface area (Å²) in [5, 5.41) is 12.1. The van der Waals surface area contributed by atoms with E-state index >= 15 is 0 Å². The molecule has 0 radical (unpaired) electrons. The van der Waals surface area contributed by atoms with Crippen molar-refractivity contribution in [2.75, 3.05) is 11.1 Å². The number of aromatic amines is 1. The van der Waals surface area contributed by atoms with Gasteiger partial charge in [-0.3, -0.25) is 10.1 Å². The molecule has 0 aliphatic rings. The van der Waals surface area contributed by atoms with Crippen molar-refractivity contribution in [3.63, 3.8) is 0 Å². The van der Waals surface area contributed by atoms with Gasteiger partial charge >= 0.3 is 0 Å². The van der Waals surface area contributed by atoms with Crippen molar-refractivity contribution < 1.29 is 0 Å². The zero-order valence-electron chi connectivity index (χ0n) is 10.5. The normalized spacial score (nSPS) is 12.5. The van der Waals surface area contributed by atoms with Gasteiger partial charge in [0.05, 0.1) is 6.04 Å². The molecule has 19 heavy (non-hydrogen) atoms. The van der Waals surface area contributed by atoms with E-state index in [0.717, 1.165) is 28.0 Å². The minimum Gasteiger partial charge on any atom is -0.398 e. The summed E-state index contributed by atoms with van der Waals surface area (Å²) in [6, 6.07) is 5.81. The summed E-state index contributed by atoms with van der Waals surface area (Å²) in [5.74, 6) is 0.791. The number of rotatable bonds is 3. The van der Waals surface area contributed by atoms with E-state index in [-0.39, 0.29) is 6.04 Å². The van der Waals surface area contributed by atoms with Crippen LogP contribution in [0.25, 0.3) is 10.8 Å². The quantitative estimate of drug-likeness (QED) is 0.622. The minimum absolute atomic E-state index is 0.0301. The fraction of sp³-hybridized carbons (Fsp3) is 0.154. The average molecular weight is 254 g/mol. The van der Waals surface area contributed by atoms with Crippen molar-refractivity contribution in [2.24, 2.45) is 0 Å². The van der Waals surface area contributed by atoms with Crippen LogP contribution in [0.2, 0.25) is 0 Å². The van der Waals surface area contributed by atoms with Crippen LogP contribution in [0.5, 0.6) is 0 Å². The first-order valence-electron chi connectivity index (χ1n) is 5.99. The first-order chi connectivity index (χ1) is 9.25. The Morgan fingerprint density at radius 2 is 2.16 bits per heavy atom. The maximum absolute atomic E-state index is 5.95. The topological polar surface area (TPSA) is 92.5 Å². The van der Waals surface area contributed by atoms with Crippen LogP contribution < -0.4 is 11.1 Å². The van der Waals surface area contributed by atoms with E-state index in [1.54, 1.807) is 12.4 Å². The molecule has 0 spiro atoms. The van der Waals surface area contributed by atoms with Gasteiger partial charge in [-0.05, 0) is 25.1 Å². The number of nitrogens with one attached hydrogen (secondary N) is 2. The number of benzene rings is 1. The molecule has 1 aromatic carbocycles. The van der Waals surface area contributed by atoms with Crippen LogP contribution >= 0.6 is 0 Å². The molecular weight excluding hydrogens is 240 g/mol. The van der Waals surface area contributed by atoms with Crippen molar-refractivity contribution in [1.82, 2.24) is 20.2 Å². The molecule has 0 aliphatic heterocycles. The summed E-state index contributed by atoms with van der Waals surface area (Å²) in [6.45, 7) is 2.02. The zero-order valence-corrected chi connectivity index (χ0v) is 10.5. The van der Waals surface area contributed by atoms with Crippen molar-refractivity contribution in [3.8, 4) is 0 Å². The molecule has 0 saturated carbocycles. The van der Waals surface area contributed by atoms with Crippen molar-refractivity contribution in [1.29, 1.82) is 0 Å². The van der Waals surface area contributed by atoms with Crippen LogP contribution in [0.1, 0.15) is 18.8 Å². The Kier molecular flexibility index (Phi) is 2.75. The maximum atomic E-state index is 5.95. The number of pyridine rings is 1. The fourth-order valence-corrected chi connectivity index (χ4v) is 2.06. The number of nitrogens with zero attached hydrogens (tertiary/aromatic N) is 3. The SMILES string of the molecule is CC(Nc1ccc(N)c2cnccc12)c1ncn[nH]1. The molecular formula is C13H14N6. The van der Waals surface area contributed by atoms with Gasteiger partial charge in [-0.2, -0.15) is 5.10 Å². The number of anilines is 2. The van der Waals surface area contributed by atoms with Gasteiger partial charge in [0.25, 0.3) is 0 Å². The Bertz CT molecular complexity index is 691. The molecule has 0 amide bonds. The van der Waals surface area contributed by atoms with Crippen LogP contribution in [0.4, 0.5) is 11.4 Å². The first kappa shape index (κ1) is 11.5. The Balaban J connectivity index is 2.00. The minimum atomic E-state index is 0.0301. The van der Waals surface area contributed by atoms with E-state index in [1.165, 1.54) is 6.33 Å². The lowest BCUT2D eigenvalue weighted by molar-refractivity contribution is 0.797. The largest absolute Gasteiger partial charge is 0.398 e. The number of H-pyrrole nitrogens is 1. The lowest BCUT2D eigenvalue weighted by atomic mass is 10.1. The van der Waals surface area contributed by atoms with Gasteiger partial charge in [0, 0.05) is 34.5 Å². The molecule has 3 aromatic rings. The number of hydrogen-bond acceptors (Lipinski definition) is 5. The molecule has 96 valence electrons. The van der Waals surface area contributed by atoms with Crippen LogP contribution in [-0.4, -0.2) is 20.2 Å². The third-order valence-electron chi connectivity index (χ3n) is 3.07. The molecule has 6 nitrogen and oxygen atoms in total. The average Bonchev–Trinajstić information content (AvgIpc) is 2.96. The Morgan fingerprint density at radius 1 is 1.26 bits per heavy atom. The predicted molar refractivity (Wildman–Crippen MR) is 74.6 cm³/mol. The molecule has 0 fully saturated rings. The molecule has 1 unspecified atom stereocenters. The molecule has 6 heteroatoms. The van der Waals surface area contributed by atoms with Crippen LogP contribution in [-0.2, 0) is 0 Å². The summed E-state index contributed by atoms with van der Waals surface area (Å²) >= 11 is 0. The summed E-state index contributed by atoms with van der Waals surface area (Å²) < 4.78 is 0. The highest BCUT2D eigenvalue weighted by Gasteiger charge is 2.10. The van der Waals surface area contributed by atoms with Crippen LogP contribution in [0.3, 0.4) is 0 Å². The fourth-order valence-electron chi connectivity index (χ4n) is 2.06. The molecule has 2 aromatic heterocycles. The number of nitrogens with two attached hydrogens (primary N) is 1. The number of nitrogen functional groups attached to an aromatic ring is 1. The van der Waals surface area contributed by atoms with E-state index in [2.05, 4.69) is 25.5 Å². The highest BCUT2D eigenvalue weighted by atomic mass is 15.2. The Labute approximate surface area is 110 Å². The van der Waals surface area contributed by atoms with E-state index < -0.39 is 0 Å². The van der Waals surface area contributed by atoms with E-state index in [0.29, 0.717) is 0 Å². The molecule has 1 atom stereocenters. The standard InChI is InChI=1S/C13H14N6/c1-8(13-16-7-17-19-13)18-12-3-2-11(14)10-6-15-5-4-9(10)12/h2-8,18H,14H2,1H3,(H,16,17,19). The van der Waals surface area contributed by atoms with Gasteiger partial charge < -0.3 is 11.1 Å². The highest BCUT2D eigenvalue weighted by molar-refractivity contribution is 6.00. The number of hydrogen-bond donors (Lipinski definition) is 3. The molecule has 3 rings (SSSR count). The van der Waals surface area contributed by atoms with Gasteiger partial charge in [0.2, 0.25) is 0 Å². The second-order valence-electron chi connectivity index (χ2n) is 4.36. The monoisotopic (exact) mass is 254 g/mol. The van der Waals surface area contributed by atoms with E-state index in [9.17, 15) is 0 Å². The highest BCUT2D eigenvalue weighted by Crippen LogP contribution is 2.29. The van der Waals surface area contributed by atoms with Crippen LogP contribution in [0, 0.1) is 0 Å². The van der Waals surface area contributed by atoms with E-state index in [1.807, 2.05) is 25.1 Å². The molecule has 0 bridgehead atoms. The van der Waals surface area contributed by atoms with Gasteiger partial charge in [0.1, 0.15) is 12.2 Å². The third-order valence-corrected chi connectivity index (χ3v) is 3.07. The number of fused-ring (bicyclic) bond motifs is 1. The van der Waals surface area contributed by atoms with E-state index in [4.69, 9.17) is 5.73 Å². The van der Waals surface area contributed by atoms with Gasteiger partial charge in [-0.25, -0.2) is 4.98 Å². The molecule has 0 aliphatic carbocycles. The van der Waals surface area contributed by atoms with Crippen molar-refractivity contribution in [2.45, 2.75) is 13.0 Å². The lowest BCUT2D eigenvalue weighted by Crippen LogP contribution is -2.09. The van der Waals surface area contributed by atoms with Crippen molar-refractivity contribution >= 4 is 22.1 Å². The maximum Gasteiger partial charge on any atom is 0.146 e. The third kappa shape index (κ3) is 2.08. The lowest BCUT2D eigenvalue weighted by Gasteiger charge is -2.15. The summed E-state index contributed by atoms with van der Waals surface area (Å²) in [5.41, 5.74) is 7.67. The second kappa shape index (κ2) is 4.56. The zero-order chi connectivity index (χ0) is 13.2. The second-order valence-corrected chi connectivity index (χ2v) is 4.36. The number of aromatic nitrogens is 4. The van der Waals surface area contributed by atoms with Gasteiger partial charge in [-0.15, -0.1) is 0 Å². The van der Waals surface area contributed by atoms with Gasteiger partial charge in [-0.1, -0.05) is 0 Å². The predicted octanol–water partition coefficient (Wildman–Crippen LogP) is 2.11. The smallest absolute Gasteiger partial charge is 0.146 e. The molecule has 4 N–H and O–H groups in total. The Hall–Kier alpha value is -2.63. The summed E-state index contributed by atoms with van der Waals surface area (Å²) in [4.78, 5) is 8.25. The molecule has 2 heterocycles.